The van der Waals surface area contributed by atoms with Crippen LogP contribution in [0.15, 0.2) is 57.1 Å². The maximum Gasteiger partial charge on any atom is 0.308 e. The maximum atomic E-state index is 12.6. The Morgan fingerprint density at radius 2 is 1.69 bits per heavy atom. The molecule has 0 amide bonds. The molecule has 0 aliphatic rings. The van der Waals surface area contributed by atoms with Gasteiger partial charge in [-0.2, -0.15) is 0 Å². The number of rotatable bonds is 10. The Morgan fingerprint density at radius 1 is 1.03 bits per heavy atom. The molecule has 0 atom stereocenters. The second-order valence-electron chi connectivity index (χ2n) is 7.15. The first-order chi connectivity index (χ1) is 15.1. The van der Waals surface area contributed by atoms with Crippen LogP contribution in [0.3, 0.4) is 0 Å². The number of hydrogen-bond acceptors (Lipinski definition) is 7. The van der Waals surface area contributed by atoms with Gasteiger partial charge >= 0.3 is 4.87 Å². The monoisotopic (exact) mass is 499 g/mol. The molecule has 0 bridgehead atoms. The molecule has 0 unspecified atom stereocenters. The van der Waals surface area contributed by atoms with E-state index in [1.807, 2.05) is 6.92 Å². The normalized spacial score (nSPS) is 12.5. The summed E-state index contributed by atoms with van der Waals surface area (Å²) in [6.07, 6.45) is 0.807. The summed E-state index contributed by atoms with van der Waals surface area (Å²) < 4.78 is 60.7. The summed E-state index contributed by atoms with van der Waals surface area (Å²) in [6, 6.07) is 10.5. The molecular formula is C20H25N3O6S3. The quantitative estimate of drug-likeness (QED) is 0.427. The average molecular weight is 500 g/mol. The molecule has 3 rings (SSSR count). The third-order valence-corrected chi connectivity index (χ3v) is 8.89. The second kappa shape index (κ2) is 9.71. The van der Waals surface area contributed by atoms with Gasteiger partial charge in [0.15, 0.2) is 0 Å². The zero-order chi connectivity index (χ0) is 23.5. The van der Waals surface area contributed by atoms with Crippen LogP contribution in [-0.2, 0) is 26.6 Å². The summed E-state index contributed by atoms with van der Waals surface area (Å²) in [4.78, 5) is 12.2. The molecule has 0 aliphatic heterocycles. The number of fused-ring (bicyclic) bond motifs is 1. The zero-order valence-electron chi connectivity index (χ0n) is 17.9. The van der Waals surface area contributed by atoms with Crippen molar-refractivity contribution in [3.63, 3.8) is 0 Å². The van der Waals surface area contributed by atoms with Crippen molar-refractivity contribution in [1.29, 1.82) is 0 Å². The van der Waals surface area contributed by atoms with Gasteiger partial charge in [-0.15, -0.1) is 0 Å². The zero-order valence-corrected chi connectivity index (χ0v) is 20.4. The number of thiazole rings is 1. The third kappa shape index (κ3) is 5.21. The smallest absolute Gasteiger partial charge is 0.308 e. The molecule has 1 heterocycles. The number of aromatic nitrogens is 1. The predicted molar refractivity (Wildman–Crippen MR) is 124 cm³/mol. The van der Waals surface area contributed by atoms with Crippen LogP contribution in [0.4, 0.5) is 0 Å². The van der Waals surface area contributed by atoms with Gasteiger partial charge in [0.1, 0.15) is 12.4 Å². The van der Waals surface area contributed by atoms with Crippen LogP contribution in [0.2, 0.25) is 0 Å². The highest BCUT2D eigenvalue weighted by Gasteiger charge is 2.18. The van der Waals surface area contributed by atoms with Gasteiger partial charge in [0.25, 0.3) is 0 Å². The number of nitrogens with one attached hydrogen (secondary N) is 1. The fourth-order valence-electron chi connectivity index (χ4n) is 3.00. The Hall–Kier alpha value is -2.25. The van der Waals surface area contributed by atoms with Crippen LogP contribution in [0.25, 0.3) is 10.2 Å². The molecule has 0 radical (unpaired) electrons. The lowest BCUT2D eigenvalue weighted by Crippen LogP contribution is -2.28. The lowest BCUT2D eigenvalue weighted by molar-refractivity contribution is 0.322. The molecule has 32 heavy (non-hydrogen) atoms. The minimum atomic E-state index is -3.78. The summed E-state index contributed by atoms with van der Waals surface area (Å²) in [5.41, 5.74) is 0.726. The van der Waals surface area contributed by atoms with E-state index < -0.39 is 20.0 Å². The van der Waals surface area contributed by atoms with Crippen molar-refractivity contribution in [2.45, 2.75) is 29.7 Å². The van der Waals surface area contributed by atoms with Crippen molar-refractivity contribution < 1.29 is 21.6 Å². The lowest BCUT2D eigenvalue weighted by Gasteiger charge is -2.12. The average Bonchev–Trinajstić information content (AvgIpc) is 3.06. The molecule has 0 spiro atoms. The molecule has 1 N–H and O–H groups in total. The molecule has 0 fully saturated rings. The molecule has 12 heteroatoms. The first kappa shape index (κ1) is 24.4. The third-order valence-electron chi connectivity index (χ3n) is 4.66. The van der Waals surface area contributed by atoms with E-state index in [9.17, 15) is 21.6 Å². The molecule has 3 aromatic rings. The van der Waals surface area contributed by atoms with Crippen molar-refractivity contribution in [3.8, 4) is 5.75 Å². The van der Waals surface area contributed by atoms with Crippen molar-refractivity contribution in [2.75, 3.05) is 27.2 Å². The van der Waals surface area contributed by atoms with Crippen LogP contribution < -0.4 is 14.3 Å². The van der Waals surface area contributed by atoms with Crippen molar-refractivity contribution in [2.24, 2.45) is 0 Å². The first-order valence-corrected chi connectivity index (χ1v) is 13.6. The number of nitrogens with zero attached hydrogens (tertiary/aromatic N) is 2. The number of aryl methyl sites for hydroxylation is 1. The van der Waals surface area contributed by atoms with E-state index in [1.54, 1.807) is 10.6 Å². The van der Waals surface area contributed by atoms with E-state index >= 15 is 0 Å². The Balaban J connectivity index is 1.61. The standard InChI is InChI=1S/C20H25N3O6S3/c1-4-12-23-18-10-9-17(14-19(18)30-20(23)24)31(25,26)21-11-13-29-15-5-7-16(8-6-15)32(27,28)22(2)3/h5-10,14,21H,4,11-13H2,1-3H3. The van der Waals surface area contributed by atoms with E-state index in [2.05, 4.69) is 4.72 Å². The summed E-state index contributed by atoms with van der Waals surface area (Å²) in [7, 11) is -4.40. The Bertz CT molecular complexity index is 1360. The lowest BCUT2D eigenvalue weighted by atomic mass is 10.3. The minimum absolute atomic E-state index is 0.0190. The number of sulfonamides is 2. The van der Waals surface area contributed by atoms with E-state index in [0.717, 1.165) is 27.6 Å². The van der Waals surface area contributed by atoms with Crippen LogP contribution in [-0.4, -0.2) is 53.0 Å². The van der Waals surface area contributed by atoms with Crippen LogP contribution >= 0.6 is 11.3 Å². The highest BCUT2D eigenvalue weighted by molar-refractivity contribution is 7.89. The summed E-state index contributed by atoms with van der Waals surface area (Å²) in [5.74, 6) is 0.422. The van der Waals surface area contributed by atoms with Gasteiger partial charge in [-0.3, -0.25) is 9.36 Å². The van der Waals surface area contributed by atoms with Gasteiger partial charge in [-0.25, -0.2) is 25.9 Å². The molecule has 2 aromatic carbocycles. The van der Waals surface area contributed by atoms with E-state index in [-0.39, 0.29) is 27.8 Å². The highest BCUT2D eigenvalue weighted by atomic mass is 32.2. The van der Waals surface area contributed by atoms with Gasteiger partial charge in [-0.1, -0.05) is 18.3 Å². The number of benzene rings is 2. The largest absolute Gasteiger partial charge is 0.492 e. The van der Waals surface area contributed by atoms with E-state index in [1.165, 1.54) is 50.5 Å². The SMILES string of the molecule is CCCn1c(=O)sc2cc(S(=O)(=O)NCCOc3ccc(S(=O)(=O)N(C)C)cc3)ccc21. The molecule has 1 aromatic heterocycles. The molecule has 0 saturated carbocycles. The van der Waals surface area contributed by atoms with E-state index in [0.29, 0.717) is 17.0 Å². The fraction of sp³-hybridized carbons (Fsp3) is 0.350. The van der Waals surface area contributed by atoms with Gasteiger partial charge in [-0.05, 0) is 48.9 Å². The fourth-order valence-corrected chi connectivity index (χ4v) is 5.97. The predicted octanol–water partition coefficient (Wildman–Crippen LogP) is 2.08. The van der Waals surface area contributed by atoms with Gasteiger partial charge in [0, 0.05) is 27.2 Å². The molecule has 174 valence electrons. The minimum Gasteiger partial charge on any atom is -0.492 e. The molecule has 0 aliphatic carbocycles. The van der Waals surface area contributed by atoms with Crippen LogP contribution in [0.5, 0.6) is 5.75 Å². The Labute approximate surface area is 191 Å². The van der Waals surface area contributed by atoms with Gasteiger partial charge in [0.2, 0.25) is 20.0 Å². The number of hydrogen-bond donors (Lipinski definition) is 1. The topological polar surface area (TPSA) is 115 Å². The van der Waals surface area contributed by atoms with Crippen molar-refractivity contribution >= 4 is 41.6 Å². The van der Waals surface area contributed by atoms with Gasteiger partial charge in [0.05, 0.1) is 20.0 Å². The maximum absolute atomic E-state index is 12.6. The second-order valence-corrected chi connectivity index (χ2v) is 12.1. The van der Waals surface area contributed by atoms with Crippen LogP contribution in [0, 0.1) is 0 Å². The Morgan fingerprint density at radius 3 is 2.31 bits per heavy atom. The highest BCUT2D eigenvalue weighted by Crippen LogP contribution is 2.22. The first-order valence-electron chi connectivity index (χ1n) is 9.84. The van der Waals surface area contributed by atoms with E-state index in [4.69, 9.17) is 4.74 Å². The number of ether oxygens (including phenoxy) is 1. The van der Waals surface area contributed by atoms with Gasteiger partial charge < -0.3 is 4.74 Å². The molecule has 9 nitrogen and oxygen atoms in total. The Kier molecular flexibility index (Phi) is 7.40. The molecule has 0 saturated heterocycles. The summed E-state index contributed by atoms with van der Waals surface area (Å²) >= 11 is 1.02. The summed E-state index contributed by atoms with van der Waals surface area (Å²) in [6.45, 7) is 2.63. The van der Waals surface area contributed by atoms with Crippen molar-refractivity contribution in [3.05, 3.63) is 52.1 Å². The van der Waals surface area contributed by atoms with Crippen molar-refractivity contribution in [1.82, 2.24) is 13.6 Å². The molecular weight excluding hydrogens is 474 g/mol. The summed E-state index contributed by atoms with van der Waals surface area (Å²) in [5, 5.41) is 0. The van der Waals surface area contributed by atoms with Crippen LogP contribution in [0.1, 0.15) is 13.3 Å².